The van der Waals surface area contributed by atoms with Gasteiger partial charge in [0, 0.05) is 33.3 Å². The fourth-order valence-electron chi connectivity index (χ4n) is 1.57. The molecule has 0 bridgehead atoms. The van der Waals surface area contributed by atoms with E-state index in [1.807, 2.05) is 6.07 Å². The van der Waals surface area contributed by atoms with Crippen LogP contribution in [0.5, 0.6) is 0 Å². The second-order valence-electron chi connectivity index (χ2n) is 4.26. The molecule has 0 spiro atoms. The third kappa shape index (κ3) is 3.55. The maximum absolute atomic E-state index is 12.0. The monoisotopic (exact) mass is 300 g/mol. The Hall–Kier alpha value is -1.92. The van der Waals surface area contributed by atoms with Crippen molar-refractivity contribution in [1.82, 2.24) is 13.9 Å². The number of hydrogen-bond acceptors (Lipinski definition) is 5. The lowest BCUT2D eigenvalue weighted by molar-refractivity contribution is 0.567. The van der Waals surface area contributed by atoms with Crippen molar-refractivity contribution in [2.24, 2.45) is 14.1 Å². The maximum Gasteiger partial charge on any atom is 0.330 e. The Balaban J connectivity index is 2.98. The molecular formula is C11H16N4O4S. The van der Waals surface area contributed by atoms with Crippen LogP contribution in [-0.2, 0) is 24.1 Å². The van der Waals surface area contributed by atoms with E-state index in [-0.39, 0.29) is 6.54 Å². The Labute approximate surface area is 116 Å². The molecule has 1 aromatic heterocycles. The van der Waals surface area contributed by atoms with Gasteiger partial charge in [-0.15, -0.1) is 0 Å². The van der Waals surface area contributed by atoms with Crippen LogP contribution in [0.1, 0.15) is 19.3 Å². The summed E-state index contributed by atoms with van der Waals surface area (Å²) in [6.07, 6.45) is 2.43. The minimum Gasteiger partial charge on any atom is -0.302 e. The van der Waals surface area contributed by atoms with Crippen molar-refractivity contribution in [3.05, 3.63) is 27.0 Å². The molecule has 0 saturated carbocycles. The van der Waals surface area contributed by atoms with Gasteiger partial charge in [0.05, 0.1) is 6.07 Å². The van der Waals surface area contributed by atoms with Gasteiger partial charge in [0.1, 0.15) is 0 Å². The summed E-state index contributed by atoms with van der Waals surface area (Å²) in [7, 11) is -1.38. The van der Waals surface area contributed by atoms with Gasteiger partial charge in [0.2, 0.25) is 10.0 Å². The van der Waals surface area contributed by atoms with Crippen LogP contribution in [0.25, 0.3) is 0 Å². The molecule has 0 aliphatic rings. The smallest absolute Gasteiger partial charge is 0.302 e. The predicted octanol–water partition coefficient (Wildman–Crippen LogP) is -0.944. The Bertz CT molecular complexity index is 739. The van der Waals surface area contributed by atoms with Gasteiger partial charge in [-0.1, -0.05) is 0 Å². The molecular weight excluding hydrogens is 284 g/mol. The van der Waals surface area contributed by atoms with Crippen LogP contribution < -0.4 is 16.0 Å². The number of unbranched alkanes of at least 4 members (excludes halogenated alkanes) is 2. The minimum absolute atomic E-state index is 0.135. The van der Waals surface area contributed by atoms with Crippen molar-refractivity contribution >= 4 is 10.0 Å². The van der Waals surface area contributed by atoms with Gasteiger partial charge in [-0.2, -0.15) is 5.26 Å². The van der Waals surface area contributed by atoms with Crippen molar-refractivity contribution in [2.75, 3.05) is 6.54 Å². The predicted molar refractivity (Wildman–Crippen MR) is 71.6 cm³/mol. The number of hydrogen-bond donors (Lipinski definition) is 1. The van der Waals surface area contributed by atoms with Crippen molar-refractivity contribution < 1.29 is 8.42 Å². The summed E-state index contributed by atoms with van der Waals surface area (Å²) in [6, 6.07) is 1.96. The number of aryl methyl sites for hydroxylation is 1. The van der Waals surface area contributed by atoms with E-state index < -0.39 is 26.2 Å². The van der Waals surface area contributed by atoms with Crippen LogP contribution in [0.2, 0.25) is 0 Å². The molecule has 9 heteroatoms. The zero-order chi connectivity index (χ0) is 15.3. The van der Waals surface area contributed by atoms with E-state index in [0.29, 0.717) is 19.3 Å². The van der Waals surface area contributed by atoms with Crippen LogP contribution in [-0.4, -0.2) is 24.1 Å². The van der Waals surface area contributed by atoms with Gasteiger partial charge in [0.15, 0.2) is 4.90 Å². The molecule has 1 aromatic rings. The Kier molecular flexibility index (Phi) is 5.24. The number of sulfonamides is 1. The molecule has 0 aromatic carbocycles. The van der Waals surface area contributed by atoms with Crippen LogP contribution in [0.15, 0.2) is 20.7 Å². The average molecular weight is 300 g/mol. The summed E-state index contributed by atoms with van der Waals surface area (Å²) in [5.41, 5.74) is -1.46. The molecule has 1 heterocycles. The highest BCUT2D eigenvalue weighted by molar-refractivity contribution is 7.89. The summed E-state index contributed by atoms with van der Waals surface area (Å²) in [6.45, 7) is 0.135. The lowest BCUT2D eigenvalue weighted by atomic mass is 10.2. The Morgan fingerprint density at radius 1 is 1.30 bits per heavy atom. The molecule has 110 valence electrons. The van der Waals surface area contributed by atoms with E-state index in [0.717, 1.165) is 15.3 Å². The standard InChI is InChI=1S/C11H16N4O4S/c1-14-8-9(10(16)15(2)11(14)17)20(18,19)13-7-5-3-4-6-12/h8,13H,3-5,7H2,1-2H3. The SMILES string of the molecule is Cn1cc(S(=O)(=O)NCCCCC#N)c(=O)n(C)c1=O. The second-order valence-corrected chi connectivity index (χ2v) is 6.00. The molecule has 0 fully saturated rings. The number of nitriles is 1. The number of nitrogens with zero attached hydrogens (tertiary/aromatic N) is 3. The highest BCUT2D eigenvalue weighted by Crippen LogP contribution is 2.01. The summed E-state index contributed by atoms with van der Waals surface area (Å²) in [5.74, 6) is 0. The first-order chi connectivity index (χ1) is 9.31. The van der Waals surface area contributed by atoms with Gasteiger partial charge >= 0.3 is 5.69 Å². The van der Waals surface area contributed by atoms with Gasteiger partial charge in [-0.05, 0) is 12.8 Å². The second kappa shape index (κ2) is 6.49. The van der Waals surface area contributed by atoms with Gasteiger partial charge < -0.3 is 4.57 Å². The molecule has 0 unspecified atom stereocenters. The van der Waals surface area contributed by atoms with Crippen molar-refractivity contribution in [1.29, 1.82) is 5.26 Å². The quantitative estimate of drug-likeness (QED) is 0.681. The van der Waals surface area contributed by atoms with E-state index in [1.165, 1.54) is 14.1 Å². The third-order valence-corrected chi connectivity index (χ3v) is 4.16. The van der Waals surface area contributed by atoms with Crippen molar-refractivity contribution in [3.63, 3.8) is 0 Å². The molecule has 0 aliphatic heterocycles. The lowest BCUT2D eigenvalue weighted by Crippen LogP contribution is -2.41. The number of nitrogens with one attached hydrogen (secondary N) is 1. The lowest BCUT2D eigenvalue weighted by Gasteiger charge is -2.08. The van der Waals surface area contributed by atoms with Gasteiger partial charge in [-0.3, -0.25) is 9.36 Å². The van der Waals surface area contributed by atoms with Crippen LogP contribution in [0.3, 0.4) is 0 Å². The Morgan fingerprint density at radius 2 is 1.95 bits per heavy atom. The average Bonchev–Trinajstić information content (AvgIpc) is 2.40. The number of aromatic nitrogens is 2. The fourth-order valence-corrected chi connectivity index (χ4v) is 2.81. The highest BCUT2D eigenvalue weighted by Gasteiger charge is 2.20. The first-order valence-corrected chi connectivity index (χ1v) is 7.43. The summed E-state index contributed by atoms with van der Waals surface area (Å²) < 4.78 is 28.0. The minimum atomic E-state index is -3.97. The molecule has 8 nitrogen and oxygen atoms in total. The molecule has 0 amide bonds. The highest BCUT2D eigenvalue weighted by atomic mass is 32.2. The Morgan fingerprint density at radius 3 is 2.55 bits per heavy atom. The summed E-state index contributed by atoms with van der Waals surface area (Å²) in [4.78, 5) is 22.8. The maximum atomic E-state index is 12.0. The van der Waals surface area contributed by atoms with Gasteiger partial charge in [-0.25, -0.2) is 17.9 Å². The number of rotatable bonds is 6. The van der Waals surface area contributed by atoms with Crippen molar-refractivity contribution in [3.8, 4) is 6.07 Å². The molecule has 0 saturated heterocycles. The normalized spacial score (nSPS) is 11.2. The van der Waals surface area contributed by atoms with Crippen LogP contribution >= 0.6 is 0 Å². The van der Waals surface area contributed by atoms with E-state index in [9.17, 15) is 18.0 Å². The van der Waals surface area contributed by atoms with E-state index >= 15 is 0 Å². The van der Waals surface area contributed by atoms with Gasteiger partial charge in [0.25, 0.3) is 5.56 Å². The molecule has 0 aliphatic carbocycles. The zero-order valence-electron chi connectivity index (χ0n) is 11.3. The third-order valence-electron chi connectivity index (χ3n) is 2.71. The molecule has 0 radical (unpaired) electrons. The zero-order valence-corrected chi connectivity index (χ0v) is 12.1. The van der Waals surface area contributed by atoms with Crippen LogP contribution in [0.4, 0.5) is 0 Å². The topological polar surface area (TPSA) is 114 Å². The van der Waals surface area contributed by atoms with E-state index in [2.05, 4.69) is 4.72 Å². The summed E-state index contributed by atoms with van der Waals surface area (Å²) in [5, 5.41) is 8.36. The van der Waals surface area contributed by atoms with Crippen molar-refractivity contribution in [2.45, 2.75) is 24.2 Å². The van der Waals surface area contributed by atoms with Crippen LogP contribution in [0, 0.1) is 11.3 Å². The first kappa shape index (κ1) is 16.1. The first-order valence-electron chi connectivity index (χ1n) is 5.94. The largest absolute Gasteiger partial charge is 0.330 e. The molecule has 20 heavy (non-hydrogen) atoms. The molecule has 1 N–H and O–H groups in total. The van der Waals surface area contributed by atoms with E-state index in [4.69, 9.17) is 5.26 Å². The fraction of sp³-hybridized carbons (Fsp3) is 0.545. The molecule has 0 atom stereocenters. The summed E-state index contributed by atoms with van der Waals surface area (Å²) >= 11 is 0. The van der Waals surface area contributed by atoms with E-state index in [1.54, 1.807) is 0 Å². The molecule has 1 rings (SSSR count).